The molecule has 0 aliphatic carbocycles. The number of hydrogen-bond donors (Lipinski definition) is 3. The molecule has 1 aliphatic heterocycles. The first-order valence-electron chi connectivity index (χ1n) is 9.42. The molecule has 4 rings (SSSR count). The van der Waals surface area contributed by atoms with Crippen molar-refractivity contribution in [2.45, 2.75) is 25.8 Å². The molecule has 0 bridgehead atoms. The van der Waals surface area contributed by atoms with Crippen molar-refractivity contribution in [2.24, 2.45) is 0 Å². The Morgan fingerprint density at radius 2 is 1.89 bits per heavy atom. The lowest BCUT2D eigenvalue weighted by atomic mass is 10.1. The largest absolute Gasteiger partial charge is 0.340 e. The van der Waals surface area contributed by atoms with E-state index in [1.54, 1.807) is 6.20 Å². The molecule has 3 N–H and O–H groups in total. The average molecular weight is 377 g/mol. The number of anilines is 3. The number of hydrogen-bond acceptors (Lipinski definition) is 6. The monoisotopic (exact) mass is 377 g/mol. The van der Waals surface area contributed by atoms with Crippen molar-refractivity contribution in [3.05, 3.63) is 60.0 Å². The maximum atomic E-state index is 12.6. The number of benzene rings is 1. The van der Waals surface area contributed by atoms with Crippen LogP contribution in [0.5, 0.6) is 0 Å². The number of nitrogens with one attached hydrogen (secondary N) is 3. The second kappa shape index (κ2) is 8.18. The molecule has 0 saturated carbocycles. The van der Waals surface area contributed by atoms with E-state index in [0.29, 0.717) is 23.2 Å². The lowest BCUT2D eigenvalue weighted by Gasteiger charge is -2.23. The van der Waals surface area contributed by atoms with Crippen LogP contribution in [0.2, 0.25) is 0 Å². The van der Waals surface area contributed by atoms with Gasteiger partial charge in [0.2, 0.25) is 0 Å². The molecule has 3 heterocycles. The minimum atomic E-state index is -0.275. The van der Waals surface area contributed by atoms with Crippen LogP contribution in [0.4, 0.5) is 17.2 Å². The molecule has 144 valence electrons. The molecule has 8 nitrogen and oxygen atoms in total. The summed E-state index contributed by atoms with van der Waals surface area (Å²) in [5.74, 6) is 0.431. The third-order valence-electron chi connectivity index (χ3n) is 4.86. The molecule has 0 radical (unpaired) electrons. The number of amides is 1. The van der Waals surface area contributed by atoms with Crippen molar-refractivity contribution in [1.82, 2.24) is 25.3 Å². The third-order valence-corrected chi connectivity index (χ3v) is 4.86. The summed E-state index contributed by atoms with van der Waals surface area (Å²) in [6, 6.07) is 13.7. The number of para-hydroxylation sites is 1. The Bertz CT molecular complexity index is 931. The van der Waals surface area contributed by atoms with Gasteiger partial charge in [0.1, 0.15) is 5.82 Å². The molecule has 0 unspecified atom stereocenters. The molecule has 0 atom stereocenters. The minimum absolute atomic E-state index is 0.275. The molecule has 2 aromatic heterocycles. The van der Waals surface area contributed by atoms with E-state index < -0.39 is 0 Å². The van der Waals surface area contributed by atoms with Gasteiger partial charge in [-0.05, 0) is 57.1 Å². The van der Waals surface area contributed by atoms with Crippen molar-refractivity contribution >= 4 is 23.1 Å². The Balaban J connectivity index is 1.41. The summed E-state index contributed by atoms with van der Waals surface area (Å²) in [6.45, 7) is 3.81. The summed E-state index contributed by atoms with van der Waals surface area (Å²) in [7, 11) is 0. The van der Waals surface area contributed by atoms with Crippen LogP contribution in [0.1, 0.15) is 35.1 Å². The maximum absolute atomic E-state index is 12.6. The molecule has 1 aromatic carbocycles. The standard InChI is InChI=1S/C20H23N7O/c1-14-19(25-26-27(14)17-9-11-21-12-10-17)20(28)24-16-7-8-18(22-13-16)23-15-5-3-2-4-6-15/h2-8,13,17,21H,9-12H2,1H3,(H,22,23)(H,24,28). The summed E-state index contributed by atoms with van der Waals surface area (Å²) in [4.78, 5) is 17.0. The van der Waals surface area contributed by atoms with Gasteiger partial charge in [-0.1, -0.05) is 23.4 Å². The van der Waals surface area contributed by atoms with E-state index in [4.69, 9.17) is 0 Å². The predicted octanol–water partition coefficient (Wildman–Crippen LogP) is 2.90. The molecule has 1 fully saturated rings. The third kappa shape index (κ3) is 4.01. The van der Waals surface area contributed by atoms with Gasteiger partial charge in [0, 0.05) is 5.69 Å². The average Bonchev–Trinajstić information content (AvgIpc) is 3.12. The highest BCUT2D eigenvalue weighted by molar-refractivity contribution is 6.03. The minimum Gasteiger partial charge on any atom is -0.340 e. The van der Waals surface area contributed by atoms with Gasteiger partial charge in [0.25, 0.3) is 5.91 Å². The molecule has 1 amide bonds. The van der Waals surface area contributed by atoms with Crippen LogP contribution in [-0.2, 0) is 0 Å². The lowest BCUT2D eigenvalue weighted by Crippen LogP contribution is -2.30. The summed E-state index contributed by atoms with van der Waals surface area (Å²) in [5.41, 5.74) is 2.71. The Morgan fingerprint density at radius 1 is 1.11 bits per heavy atom. The molecule has 0 spiro atoms. The van der Waals surface area contributed by atoms with E-state index in [1.165, 1.54) is 0 Å². The van der Waals surface area contributed by atoms with Crippen molar-refractivity contribution in [3.8, 4) is 0 Å². The number of carbonyl (C=O) groups excluding carboxylic acids is 1. The summed E-state index contributed by atoms with van der Waals surface area (Å²) >= 11 is 0. The first-order chi connectivity index (χ1) is 13.7. The van der Waals surface area contributed by atoms with Gasteiger partial charge in [-0.25, -0.2) is 9.67 Å². The van der Waals surface area contributed by atoms with Crippen LogP contribution in [0.15, 0.2) is 48.7 Å². The number of pyridine rings is 1. The normalized spacial score (nSPS) is 14.6. The van der Waals surface area contributed by atoms with Crippen molar-refractivity contribution in [1.29, 1.82) is 0 Å². The highest BCUT2D eigenvalue weighted by atomic mass is 16.2. The fourth-order valence-electron chi connectivity index (χ4n) is 3.35. The number of rotatable bonds is 5. The van der Waals surface area contributed by atoms with Gasteiger partial charge in [-0.2, -0.15) is 0 Å². The molecule has 1 aliphatic rings. The smallest absolute Gasteiger partial charge is 0.278 e. The quantitative estimate of drug-likeness (QED) is 0.633. The number of carbonyl (C=O) groups is 1. The van der Waals surface area contributed by atoms with E-state index in [9.17, 15) is 4.79 Å². The first-order valence-corrected chi connectivity index (χ1v) is 9.42. The van der Waals surface area contributed by atoms with Gasteiger partial charge in [-0.3, -0.25) is 4.79 Å². The molecular weight excluding hydrogens is 354 g/mol. The lowest BCUT2D eigenvalue weighted by molar-refractivity contribution is 0.102. The van der Waals surface area contributed by atoms with Gasteiger partial charge in [0.05, 0.1) is 23.6 Å². The van der Waals surface area contributed by atoms with Crippen LogP contribution in [0.3, 0.4) is 0 Å². The molecule has 28 heavy (non-hydrogen) atoms. The summed E-state index contributed by atoms with van der Waals surface area (Å²) in [5, 5.41) is 17.7. The summed E-state index contributed by atoms with van der Waals surface area (Å²) < 4.78 is 1.88. The van der Waals surface area contributed by atoms with Crippen molar-refractivity contribution in [3.63, 3.8) is 0 Å². The van der Waals surface area contributed by atoms with Crippen LogP contribution in [0, 0.1) is 6.92 Å². The van der Waals surface area contributed by atoms with E-state index in [0.717, 1.165) is 37.3 Å². The van der Waals surface area contributed by atoms with Gasteiger partial charge in [0.15, 0.2) is 5.69 Å². The fraction of sp³-hybridized carbons (Fsp3) is 0.300. The van der Waals surface area contributed by atoms with E-state index >= 15 is 0 Å². The Kier molecular flexibility index (Phi) is 5.29. The topological polar surface area (TPSA) is 96.8 Å². The number of piperidine rings is 1. The Morgan fingerprint density at radius 3 is 2.61 bits per heavy atom. The van der Waals surface area contributed by atoms with Crippen LogP contribution >= 0.6 is 0 Å². The zero-order chi connectivity index (χ0) is 19.3. The van der Waals surface area contributed by atoms with E-state index in [-0.39, 0.29) is 5.91 Å². The SMILES string of the molecule is Cc1c(C(=O)Nc2ccc(Nc3ccccc3)nc2)nnn1C1CCNCC1. The molecule has 1 saturated heterocycles. The van der Waals surface area contributed by atoms with E-state index in [1.807, 2.05) is 54.1 Å². The fourth-order valence-corrected chi connectivity index (χ4v) is 3.35. The Labute approximate surface area is 163 Å². The molecule has 3 aromatic rings. The van der Waals surface area contributed by atoms with Crippen LogP contribution in [-0.4, -0.2) is 39.0 Å². The van der Waals surface area contributed by atoms with Crippen molar-refractivity contribution in [2.75, 3.05) is 23.7 Å². The second-order valence-corrected chi connectivity index (χ2v) is 6.83. The van der Waals surface area contributed by atoms with E-state index in [2.05, 4.69) is 31.2 Å². The predicted molar refractivity (Wildman–Crippen MR) is 108 cm³/mol. The zero-order valence-corrected chi connectivity index (χ0v) is 15.7. The van der Waals surface area contributed by atoms with Gasteiger partial charge in [-0.15, -0.1) is 5.10 Å². The van der Waals surface area contributed by atoms with Crippen LogP contribution < -0.4 is 16.0 Å². The molecule has 8 heteroatoms. The van der Waals surface area contributed by atoms with Crippen LogP contribution in [0.25, 0.3) is 0 Å². The second-order valence-electron chi connectivity index (χ2n) is 6.83. The number of nitrogens with zero attached hydrogens (tertiary/aromatic N) is 4. The zero-order valence-electron chi connectivity index (χ0n) is 15.7. The van der Waals surface area contributed by atoms with Gasteiger partial charge >= 0.3 is 0 Å². The molecular formula is C20H23N7O. The highest BCUT2D eigenvalue weighted by Gasteiger charge is 2.23. The summed E-state index contributed by atoms with van der Waals surface area (Å²) in [6.07, 6.45) is 3.60. The maximum Gasteiger partial charge on any atom is 0.278 e. The van der Waals surface area contributed by atoms with Gasteiger partial charge < -0.3 is 16.0 Å². The van der Waals surface area contributed by atoms with Crippen molar-refractivity contribution < 1.29 is 4.79 Å². The number of aromatic nitrogens is 4. The Hall–Kier alpha value is -3.26. The first kappa shape index (κ1) is 18.1. The highest BCUT2D eigenvalue weighted by Crippen LogP contribution is 2.21.